The summed E-state index contributed by atoms with van der Waals surface area (Å²) in [6, 6.07) is 18.0. The van der Waals surface area contributed by atoms with Crippen molar-refractivity contribution in [1.29, 1.82) is 0 Å². The van der Waals surface area contributed by atoms with Crippen LogP contribution in [0.4, 0.5) is 0 Å². The number of rotatable bonds is 5. The first-order chi connectivity index (χ1) is 14.5. The van der Waals surface area contributed by atoms with Gasteiger partial charge in [-0.2, -0.15) is 0 Å². The second-order valence-corrected chi connectivity index (χ2v) is 7.17. The smallest absolute Gasteiger partial charge is 0.271 e. The molecule has 1 atom stereocenters. The molecule has 0 saturated heterocycles. The Hall–Kier alpha value is -3.71. The van der Waals surface area contributed by atoms with Crippen LogP contribution in [0.5, 0.6) is 0 Å². The maximum atomic E-state index is 13.2. The lowest BCUT2D eigenvalue weighted by molar-refractivity contribution is 0.0932. The van der Waals surface area contributed by atoms with Crippen LogP contribution in [0, 0.1) is 0 Å². The lowest BCUT2D eigenvalue weighted by Gasteiger charge is -2.17. The predicted octanol–water partition coefficient (Wildman–Crippen LogP) is 3.64. The van der Waals surface area contributed by atoms with E-state index in [1.54, 1.807) is 12.1 Å². The number of hydrogen-bond acceptors (Lipinski definition) is 4. The van der Waals surface area contributed by atoms with Gasteiger partial charge in [0.05, 0.1) is 11.7 Å². The van der Waals surface area contributed by atoms with Crippen LogP contribution in [-0.2, 0) is 0 Å². The molecule has 2 amide bonds. The Kier molecular flexibility index (Phi) is 5.20. The van der Waals surface area contributed by atoms with E-state index >= 15 is 0 Å². The Morgan fingerprint density at radius 3 is 2.50 bits per heavy atom. The fraction of sp³-hybridized carbons (Fsp3) is 0.0909. The number of carbonyl (C=O) groups excluding carboxylic acids is 2. The lowest BCUT2D eigenvalue weighted by atomic mass is 10.1. The maximum Gasteiger partial charge on any atom is 0.271 e. The molecule has 4 aromatic rings. The van der Waals surface area contributed by atoms with Gasteiger partial charge >= 0.3 is 0 Å². The minimum atomic E-state index is -0.717. The van der Waals surface area contributed by atoms with E-state index in [1.165, 1.54) is 10.7 Å². The van der Waals surface area contributed by atoms with Gasteiger partial charge in [0, 0.05) is 10.6 Å². The zero-order valence-corrected chi connectivity index (χ0v) is 16.8. The molecule has 3 N–H and O–H groups in total. The van der Waals surface area contributed by atoms with E-state index in [0.717, 1.165) is 11.1 Å². The molecule has 0 radical (unpaired) electrons. The van der Waals surface area contributed by atoms with Gasteiger partial charge in [0.15, 0.2) is 11.3 Å². The number of fused-ring (bicyclic) bond motifs is 1. The zero-order chi connectivity index (χ0) is 21.3. The van der Waals surface area contributed by atoms with Crippen molar-refractivity contribution in [2.24, 2.45) is 5.73 Å². The number of aromatic nitrogens is 3. The van der Waals surface area contributed by atoms with E-state index in [-0.39, 0.29) is 29.0 Å². The highest BCUT2D eigenvalue weighted by Gasteiger charge is 2.21. The Bertz CT molecular complexity index is 1250. The van der Waals surface area contributed by atoms with Crippen LogP contribution in [0.3, 0.4) is 0 Å². The highest BCUT2D eigenvalue weighted by Crippen LogP contribution is 2.24. The third kappa shape index (κ3) is 3.62. The molecule has 0 fully saturated rings. The SMILES string of the molecule is C[C@@H](NC(=O)c1cc(-c2ccccc2)nc2c(C(N)=O)ncn12)c1ccccc1Cl. The Balaban J connectivity index is 1.80. The topological polar surface area (TPSA) is 102 Å². The zero-order valence-electron chi connectivity index (χ0n) is 16.0. The normalized spacial score (nSPS) is 11.9. The van der Waals surface area contributed by atoms with Gasteiger partial charge in [-0.05, 0) is 24.6 Å². The van der Waals surface area contributed by atoms with Crippen molar-refractivity contribution in [3.8, 4) is 11.3 Å². The molecule has 2 aromatic carbocycles. The number of imidazole rings is 1. The molecule has 8 heteroatoms. The van der Waals surface area contributed by atoms with Crippen LogP contribution in [0.1, 0.15) is 39.5 Å². The quantitative estimate of drug-likeness (QED) is 0.515. The maximum absolute atomic E-state index is 13.2. The Morgan fingerprint density at radius 2 is 1.80 bits per heavy atom. The van der Waals surface area contributed by atoms with Crippen molar-refractivity contribution >= 4 is 29.1 Å². The average molecular weight is 420 g/mol. The molecule has 150 valence electrons. The molecule has 0 unspecified atom stereocenters. The number of benzene rings is 2. The Labute approximate surface area is 177 Å². The first-order valence-electron chi connectivity index (χ1n) is 9.24. The fourth-order valence-corrected chi connectivity index (χ4v) is 3.55. The van der Waals surface area contributed by atoms with Gasteiger partial charge in [-0.25, -0.2) is 9.97 Å². The highest BCUT2D eigenvalue weighted by molar-refractivity contribution is 6.31. The molecule has 0 bridgehead atoms. The molecule has 0 saturated carbocycles. The molecule has 0 aliphatic heterocycles. The van der Waals surface area contributed by atoms with Gasteiger partial charge in [0.25, 0.3) is 11.8 Å². The summed E-state index contributed by atoms with van der Waals surface area (Å²) in [5.41, 5.74) is 8.06. The predicted molar refractivity (Wildman–Crippen MR) is 114 cm³/mol. The number of nitrogens with one attached hydrogen (secondary N) is 1. The number of amides is 2. The van der Waals surface area contributed by atoms with Crippen molar-refractivity contribution in [3.05, 3.63) is 89.0 Å². The van der Waals surface area contributed by atoms with Crippen LogP contribution < -0.4 is 11.1 Å². The van der Waals surface area contributed by atoms with Gasteiger partial charge in [-0.1, -0.05) is 60.1 Å². The first-order valence-corrected chi connectivity index (χ1v) is 9.62. The highest BCUT2D eigenvalue weighted by atomic mass is 35.5. The molecule has 30 heavy (non-hydrogen) atoms. The number of carbonyl (C=O) groups is 2. The number of halogens is 1. The average Bonchev–Trinajstić information content (AvgIpc) is 3.18. The largest absolute Gasteiger partial charge is 0.364 e. The van der Waals surface area contributed by atoms with E-state index in [0.29, 0.717) is 10.7 Å². The van der Waals surface area contributed by atoms with Gasteiger partial charge in [0.1, 0.15) is 12.0 Å². The van der Waals surface area contributed by atoms with Crippen molar-refractivity contribution in [3.63, 3.8) is 0 Å². The van der Waals surface area contributed by atoms with Crippen LogP contribution in [0.2, 0.25) is 5.02 Å². The molecule has 2 heterocycles. The number of nitrogens with two attached hydrogens (primary N) is 1. The summed E-state index contributed by atoms with van der Waals surface area (Å²) in [6.07, 6.45) is 1.37. The molecule has 0 aliphatic carbocycles. The van der Waals surface area contributed by atoms with E-state index in [1.807, 2.05) is 55.5 Å². The summed E-state index contributed by atoms with van der Waals surface area (Å²) >= 11 is 6.26. The summed E-state index contributed by atoms with van der Waals surface area (Å²) in [6.45, 7) is 1.85. The third-order valence-corrected chi connectivity index (χ3v) is 5.10. The summed E-state index contributed by atoms with van der Waals surface area (Å²) < 4.78 is 1.46. The molecular formula is C22H18ClN5O2. The van der Waals surface area contributed by atoms with Crippen molar-refractivity contribution in [2.75, 3.05) is 0 Å². The van der Waals surface area contributed by atoms with Gasteiger partial charge in [-0.15, -0.1) is 0 Å². The standard InChI is InChI=1S/C22H18ClN5O2/c1-13(15-9-5-6-10-16(15)23)26-22(30)18-11-17(14-7-3-2-4-8-14)27-21-19(20(24)29)25-12-28(18)21/h2-13H,1H3,(H2,24,29)(H,26,30)/t13-/m1/s1. The van der Waals surface area contributed by atoms with Gasteiger partial charge < -0.3 is 11.1 Å². The third-order valence-electron chi connectivity index (χ3n) is 4.76. The summed E-state index contributed by atoms with van der Waals surface area (Å²) in [5.74, 6) is -1.08. The second-order valence-electron chi connectivity index (χ2n) is 6.76. The van der Waals surface area contributed by atoms with Crippen molar-refractivity contribution < 1.29 is 9.59 Å². The van der Waals surface area contributed by atoms with E-state index in [4.69, 9.17) is 17.3 Å². The first kappa shape index (κ1) is 19.6. The number of primary amides is 1. The fourth-order valence-electron chi connectivity index (χ4n) is 3.25. The van der Waals surface area contributed by atoms with E-state index < -0.39 is 5.91 Å². The molecule has 0 spiro atoms. The monoisotopic (exact) mass is 419 g/mol. The second kappa shape index (κ2) is 7.96. The number of nitrogens with zero attached hydrogens (tertiary/aromatic N) is 3. The number of hydrogen-bond donors (Lipinski definition) is 2. The molecule has 4 rings (SSSR count). The summed E-state index contributed by atoms with van der Waals surface area (Å²) in [5, 5.41) is 3.51. The van der Waals surface area contributed by atoms with Crippen molar-refractivity contribution in [2.45, 2.75) is 13.0 Å². The summed E-state index contributed by atoms with van der Waals surface area (Å²) in [4.78, 5) is 33.5. The molecule has 2 aromatic heterocycles. The van der Waals surface area contributed by atoms with Crippen LogP contribution in [0.15, 0.2) is 67.0 Å². The minimum Gasteiger partial charge on any atom is -0.364 e. The van der Waals surface area contributed by atoms with Crippen molar-refractivity contribution in [1.82, 2.24) is 19.7 Å². The Morgan fingerprint density at radius 1 is 1.10 bits per heavy atom. The molecular weight excluding hydrogens is 402 g/mol. The van der Waals surface area contributed by atoms with E-state index in [9.17, 15) is 9.59 Å². The van der Waals surface area contributed by atoms with Crippen LogP contribution >= 0.6 is 11.6 Å². The van der Waals surface area contributed by atoms with Gasteiger partial charge in [-0.3, -0.25) is 14.0 Å². The minimum absolute atomic E-state index is 0.000911. The molecule has 7 nitrogen and oxygen atoms in total. The van der Waals surface area contributed by atoms with E-state index in [2.05, 4.69) is 15.3 Å². The van der Waals surface area contributed by atoms with Gasteiger partial charge in [0.2, 0.25) is 0 Å². The molecule has 0 aliphatic rings. The lowest BCUT2D eigenvalue weighted by Crippen LogP contribution is -2.28. The van der Waals surface area contributed by atoms with Crippen LogP contribution in [-0.4, -0.2) is 26.2 Å². The summed E-state index contributed by atoms with van der Waals surface area (Å²) in [7, 11) is 0. The van der Waals surface area contributed by atoms with Crippen LogP contribution in [0.25, 0.3) is 16.9 Å².